The van der Waals surface area contributed by atoms with Gasteiger partial charge in [-0.25, -0.2) is 0 Å². The molecule has 3 heterocycles. The number of thiophene rings is 1. The minimum Gasteiger partial charge on any atom is 0 e. The zero-order chi connectivity index (χ0) is 33.1. The largest absolute Gasteiger partial charge is 0 e. The van der Waals surface area contributed by atoms with Crippen molar-refractivity contribution in [3.05, 3.63) is 164 Å². The third kappa shape index (κ3) is 7.69. The molecular weight excluding hydrogens is 853 g/mol. The minimum absolute atomic E-state index is 0. The molecule has 5 heteroatoms. The molecule has 8 rings (SSSR count). The van der Waals surface area contributed by atoms with Gasteiger partial charge in [0.2, 0.25) is 0 Å². The number of fused-ring (bicyclic) bond motifs is 3. The van der Waals surface area contributed by atoms with Crippen LogP contribution >= 0.6 is 11.3 Å². The third-order valence-electron chi connectivity index (χ3n) is 8.60. The summed E-state index contributed by atoms with van der Waals surface area (Å²) in [6, 6.07) is 53.1. The fourth-order valence-electron chi connectivity index (χ4n) is 5.90. The van der Waals surface area contributed by atoms with Crippen molar-refractivity contribution in [3.63, 3.8) is 0 Å². The molecule has 243 valence electrons. The Morgan fingerprint density at radius 1 is 0.592 bits per heavy atom. The molecule has 0 amide bonds. The Kier molecular flexibility index (Phi) is 10.7. The van der Waals surface area contributed by atoms with Gasteiger partial charge in [-0.15, -0.1) is 23.8 Å². The normalized spacial score (nSPS) is 11.1. The fourth-order valence-corrected chi connectivity index (χ4v) is 9.26. The molecule has 3 aromatic heterocycles. The summed E-state index contributed by atoms with van der Waals surface area (Å²) in [6.07, 6.45) is 4.03. The monoisotopic (exact) mass is 891 g/mol. The molecule has 8 aromatic rings. The summed E-state index contributed by atoms with van der Waals surface area (Å²) >= 11 is 0.106. The van der Waals surface area contributed by atoms with Crippen LogP contribution in [0.4, 0.5) is 0 Å². The number of rotatable bonds is 5. The van der Waals surface area contributed by atoms with Crippen LogP contribution in [-0.2, 0) is 20.1 Å². The SMILES string of the molecule is Cc1cc(-c2[c-]ccc3c2sc2ccc(-c4ccccc4)cc23)ncc1-c1ccccc1.[CH3][Ge]([CH3])([CH3])[c]1ccc(-c2[c-]cccc2)nc1.[Ir]. The zero-order valence-electron chi connectivity index (χ0n) is 28.0. The molecule has 0 N–H and O–H groups in total. The molecule has 0 saturated heterocycles. The van der Waals surface area contributed by atoms with Crippen LogP contribution in [0.2, 0.25) is 17.3 Å². The molecule has 1 radical (unpaired) electrons. The molecule has 0 aliphatic carbocycles. The van der Waals surface area contributed by atoms with E-state index in [1.54, 1.807) is 0 Å². The fraction of sp³-hybridized carbons (Fsp3) is 0.0909. The standard InChI is InChI=1S/C30H20NS.C14H16GeN.Ir/c1-20-17-28(31-19-27(20)22-11-6-3-7-12-22)25-14-8-13-24-26-18-23(21-9-4-2-5-10-21)15-16-29(26)32-30(24)25;1-15(2,3)13-9-10-14(16-11-13)12-7-5-4-6-8-12;/h2-13,15-19H,1H3;4-7,9-11H,1-3H3;/q2*-1;. The third-order valence-corrected chi connectivity index (χ3v) is 14.1. The van der Waals surface area contributed by atoms with E-state index in [1.807, 2.05) is 60.1 Å². The molecule has 0 spiro atoms. The summed E-state index contributed by atoms with van der Waals surface area (Å²) in [5, 5.41) is 2.56. The Morgan fingerprint density at radius 2 is 1.31 bits per heavy atom. The predicted molar refractivity (Wildman–Crippen MR) is 208 cm³/mol. The molecule has 0 bridgehead atoms. The second-order valence-electron chi connectivity index (χ2n) is 13.0. The number of benzene rings is 5. The van der Waals surface area contributed by atoms with E-state index in [-0.39, 0.29) is 20.1 Å². The Labute approximate surface area is 309 Å². The summed E-state index contributed by atoms with van der Waals surface area (Å²) in [7, 11) is 0. The van der Waals surface area contributed by atoms with Crippen molar-refractivity contribution < 1.29 is 20.1 Å². The average Bonchev–Trinajstić information content (AvgIpc) is 3.51. The first-order chi connectivity index (χ1) is 23.3. The van der Waals surface area contributed by atoms with Crippen LogP contribution in [0.1, 0.15) is 5.56 Å². The molecule has 0 fully saturated rings. The van der Waals surface area contributed by atoms with Gasteiger partial charge in [-0.1, -0.05) is 78.2 Å². The first-order valence-electron chi connectivity index (χ1n) is 16.2. The summed E-state index contributed by atoms with van der Waals surface area (Å²) < 4.78 is 3.98. The first kappa shape index (κ1) is 34.7. The molecule has 0 unspecified atom stereocenters. The maximum Gasteiger partial charge on any atom is 0 e. The minimum atomic E-state index is -1.72. The van der Waals surface area contributed by atoms with Crippen molar-refractivity contribution >= 4 is 49.2 Å². The van der Waals surface area contributed by atoms with Gasteiger partial charge in [0.25, 0.3) is 0 Å². The van der Waals surface area contributed by atoms with E-state index in [1.165, 1.54) is 52.4 Å². The number of pyridine rings is 2. The van der Waals surface area contributed by atoms with E-state index >= 15 is 0 Å². The van der Waals surface area contributed by atoms with E-state index in [2.05, 4.69) is 138 Å². The summed E-state index contributed by atoms with van der Waals surface area (Å²) in [5.41, 5.74) is 10.2. The maximum atomic E-state index is 4.85. The maximum absolute atomic E-state index is 4.85. The number of hydrogen-bond donors (Lipinski definition) is 0. The van der Waals surface area contributed by atoms with Gasteiger partial charge in [-0.05, 0) is 57.1 Å². The molecule has 49 heavy (non-hydrogen) atoms. The van der Waals surface area contributed by atoms with Gasteiger partial charge < -0.3 is 4.98 Å². The van der Waals surface area contributed by atoms with Gasteiger partial charge in [0.05, 0.1) is 0 Å². The summed E-state index contributed by atoms with van der Waals surface area (Å²) in [6.45, 7) is 2.16. The molecular formula is C44H36GeIrN2S-2. The number of nitrogens with zero attached hydrogens (tertiary/aromatic N) is 2. The molecule has 5 aromatic carbocycles. The Hall–Kier alpha value is -4.19. The topological polar surface area (TPSA) is 25.8 Å². The quantitative estimate of drug-likeness (QED) is 0.127. The second-order valence-corrected chi connectivity index (χ2v) is 24.7. The van der Waals surface area contributed by atoms with Crippen molar-refractivity contribution in [3.8, 4) is 44.8 Å². The van der Waals surface area contributed by atoms with Crippen molar-refractivity contribution in [1.82, 2.24) is 9.97 Å². The van der Waals surface area contributed by atoms with Crippen LogP contribution in [0, 0.1) is 19.1 Å². The van der Waals surface area contributed by atoms with Gasteiger partial charge >= 0.3 is 99.8 Å². The van der Waals surface area contributed by atoms with E-state index in [9.17, 15) is 0 Å². The van der Waals surface area contributed by atoms with Crippen LogP contribution in [-0.4, -0.2) is 23.2 Å². The molecule has 0 atom stereocenters. The smallest absolute Gasteiger partial charge is 0 e. The van der Waals surface area contributed by atoms with Gasteiger partial charge in [-0.2, -0.15) is 11.3 Å². The van der Waals surface area contributed by atoms with E-state index in [0.29, 0.717) is 0 Å². The Balaban J connectivity index is 0.000000208. The number of aromatic nitrogens is 2. The van der Waals surface area contributed by atoms with E-state index in [4.69, 9.17) is 4.98 Å². The summed E-state index contributed by atoms with van der Waals surface area (Å²) in [4.78, 5) is 9.38. The van der Waals surface area contributed by atoms with Crippen molar-refractivity contribution in [1.29, 1.82) is 0 Å². The van der Waals surface area contributed by atoms with Gasteiger partial charge in [-0.3, -0.25) is 0 Å². The Bertz CT molecular complexity index is 2310. The van der Waals surface area contributed by atoms with Crippen LogP contribution in [0.3, 0.4) is 0 Å². The van der Waals surface area contributed by atoms with Gasteiger partial charge in [0, 0.05) is 36.6 Å². The predicted octanol–water partition coefficient (Wildman–Crippen LogP) is 11.7. The number of hydrogen-bond acceptors (Lipinski definition) is 3. The molecule has 0 saturated carbocycles. The summed E-state index contributed by atoms with van der Waals surface area (Å²) in [5.74, 6) is 7.14. The Morgan fingerprint density at radius 3 is 1.96 bits per heavy atom. The molecule has 0 aliphatic rings. The van der Waals surface area contributed by atoms with Crippen molar-refractivity contribution in [2.75, 3.05) is 0 Å². The van der Waals surface area contributed by atoms with Gasteiger partial charge in [0.1, 0.15) is 0 Å². The first-order valence-corrected chi connectivity index (χ1v) is 24.4. The van der Waals surface area contributed by atoms with E-state index in [0.717, 1.165) is 22.5 Å². The van der Waals surface area contributed by atoms with Crippen molar-refractivity contribution in [2.24, 2.45) is 0 Å². The average molecular weight is 890 g/mol. The van der Waals surface area contributed by atoms with Crippen LogP contribution in [0.15, 0.2) is 146 Å². The van der Waals surface area contributed by atoms with Crippen LogP contribution < -0.4 is 4.40 Å². The van der Waals surface area contributed by atoms with Crippen LogP contribution in [0.25, 0.3) is 64.9 Å². The van der Waals surface area contributed by atoms with Crippen LogP contribution in [0.5, 0.6) is 0 Å². The molecule has 0 aliphatic heterocycles. The van der Waals surface area contributed by atoms with E-state index < -0.39 is 13.3 Å². The molecule has 2 nitrogen and oxygen atoms in total. The van der Waals surface area contributed by atoms with Crippen molar-refractivity contribution in [2.45, 2.75) is 24.2 Å². The number of aryl methyl sites for hydroxylation is 1. The van der Waals surface area contributed by atoms with Gasteiger partial charge in [0.15, 0.2) is 0 Å². The second kappa shape index (κ2) is 15.1. The zero-order valence-corrected chi connectivity index (χ0v) is 33.3.